The topological polar surface area (TPSA) is 164 Å². The van der Waals surface area contributed by atoms with Gasteiger partial charge in [0.25, 0.3) is 0 Å². The van der Waals surface area contributed by atoms with Crippen LogP contribution >= 0.6 is 7.75 Å². The Labute approximate surface area is 223 Å². The monoisotopic (exact) mass is 564 g/mol. The maximum Gasteiger partial charge on any atom is 0.459 e. The maximum atomic E-state index is 15.7. The van der Waals surface area contributed by atoms with E-state index < -0.39 is 55.7 Å². The molecule has 0 radical (unpaired) electrons. The van der Waals surface area contributed by atoms with Crippen molar-refractivity contribution in [1.29, 1.82) is 0 Å². The van der Waals surface area contributed by atoms with E-state index in [0.29, 0.717) is 5.39 Å². The summed E-state index contributed by atoms with van der Waals surface area (Å²) in [6.45, 7) is 3.84. The smallest absolute Gasteiger partial charge is 0.459 e. The Morgan fingerprint density at radius 2 is 1.95 bits per heavy atom. The zero-order chi connectivity index (χ0) is 28.5. The van der Waals surface area contributed by atoms with Crippen molar-refractivity contribution in [3.63, 3.8) is 0 Å². The van der Waals surface area contributed by atoms with Crippen molar-refractivity contribution in [2.45, 2.75) is 57.0 Å². The molecule has 1 aromatic heterocycles. The molecular weight excluding hydrogens is 534 g/mol. The third kappa shape index (κ3) is 5.82. The number of hydrogen-bond acceptors (Lipinski definition) is 10. The van der Waals surface area contributed by atoms with Gasteiger partial charge < -0.3 is 24.8 Å². The molecule has 4 rings (SSSR count). The molecule has 0 saturated carbocycles. The highest BCUT2D eigenvalue weighted by Crippen LogP contribution is 2.50. The number of nitrogen functional groups attached to an aromatic ring is 1. The summed E-state index contributed by atoms with van der Waals surface area (Å²) in [5, 5.41) is 14.8. The highest BCUT2D eigenvalue weighted by Gasteiger charge is 2.57. The van der Waals surface area contributed by atoms with Gasteiger partial charge in [-0.1, -0.05) is 36.4 Å². The Morgan fingerprint density at radius 1 is 1.26 bits per heavy atom. The van der Waals surface area contributed by atoms with Gasteiger partial charge in [-0.3, -0.25) is 13.9 Å². The number of ether oxygens (including phenoxy) is 2. The third-order valence-electron chi connectivity index (χ3n) is 6.40. The lowest BCUT2D eigenvalue weighted by atomic mass is 9.96. The number of fused-ring (bicyclic) bond motifs is 1. The van der Waals surface area contributed by atoms with Gasteiger partial charge in [0, 0.05) is 11.6 Å². The number of nitrogens with one attached hydrogen (secondary N) is 1. The lowest BCUT2D eigenvalue weighted by Gasteiger charge is -2.29. The Hall–Kier alpha value is -3.35. The number of anilines is 1. The Bertz CT molecular complexity index is 1460. The van der Waals surface area contributed by atoms with Crippen molar-refractivity contribution in [2.24, 2.45) is 0 Å². The van der Waals surface area contributed by atoms with E-state index in [0.717, 1.165) is 16.9 Å². The standard InChI is InChI=1S/C25H30FN4O8P/c1-14(22(32)35-4)29-39(34,38-18-11-7-9-16-8-5-6-10-17(16)18)37-15(2)20-21(31)25(3,26)23(36-20)30-13-12-19(27)28-24(30)33/h5-15,20-21,23,31H,1-4H3,(H,29,34)(H2,27,28,33)/t14?,15?,20-,21-,23-,25-,39?/m1/s1. The van der Waals surface area contributed by atoms with Crippen LogP contribution in [0.5, 0.6) is 5.75 Å². The van der Waals surface area contributed by atoms with Crippen LogP contribution in [0.3, 0.4) is 0 Å². The molecule has 7 atom stereocenters. The number of nitrogens with zero attached hydrogens (tertiary/aromatic N) is 2. The molecule has 210 valence electrons. The summed E-state index contributed by atoms with van der Waals surface area (Å²) >= 11 is 0. The Kier molecular flexibility index (Phi) is 8.10. The second kappa shape index (κ2) is 11.0. The Morgan fingerprint density at radius 3 is 2.64 bits per heavy atom. The minimum atomic E-state index is -4.42. The molecule has 0 bridgehead atoms. The first-order chi connectivity index (χ1) is 18.4. The lowest BCUT2D eigenvalue weighted by Crippen LogP contribution is -2.45. The van der Waals surface area contributed by atoms with Crippen molar-refractivity contribution >= 4 is 30.3 Å². The van der Waals surface area contributed by atoms with Gasteiger partial charge in [-0.2, -0.15) is 10.1 Å². The first-order valence-corrected chi connectivity index (χ1v) is 13.6. The van der Waals surface area contributed by atoms with E-state index in [-0.39, 0.29) is 11.6 Å². The largest absolute Gasteiger partial charge is 0.468 e. The molecule has 0 amide bonds. The molecule has 3 unspecified atom stereocenters. The number of alkyl halides is 1. The first-order valence-electron chi connectivity index (χ1n) is 12.0. The average Bonchev–Trinajstić information content (AvgIpc) is 3.12. The van der Waals surface area contributed by atoms with E-state index in [1.54, 1.807) is 24.3 Å². The van der Waals surface area contributed by atoms with E-state index in [9.17, 15) is 19.3 Å². The molecule has 1 aliphatic heterocycles. The molecule has 14 heteroatoms. The van der Waals surface area contributed by atoms with Gasteiger partial charge >= 0.3 is 19.4 Å². The van der Waals surface area contributed by atoms with Gasteiger partial charge in [-0.05, 0) is 38.3 Å². The van der Waals surface area contributed by atoms with Crippen LogP contribution in [0, 0.1) is 0 Å². The van der Waals surface area contributed by atoms with Crippen molar-refractivity contribution in [3.8, 4) is 5.75 Å². The summed E-state index contributed by atoms with van der Waals surface area (Å²) in [6.07, 6.45) is -4.89. The summed E-state index contributed by atoms with van der Waals surface area (Å²) in [6, 6.07) is 12.4. The molecule has 39 heavy (non-hydrogen) atoms. The molecule has 2 aromatic carbocycles. The zero-order valence-corrected chi connectivity index (χ0v) is 22.6. The fraction of sp³-hybridized carbons (Fsp3) is 0.400. The van der Waals surface area contributed by atoms with Gasteiger partial charge in [0.2, 0.25) is 0 Å². The number of carbonyl (C=O) groups is 1. The normalized spacial score (nSPS) is 26.1. The number of halogens is 1. The van der Waals surface area contributed by atoms with Crippen LogP contribution in [-0.2, 0) is 23.4 Å². The van der Waals surface area contributed by atoms with Crippen molar-refractivity contribution < 1.29 is 37.4 Å². The number of carbonyl (C=O) groups excluding carboxylic acids is 1. The predicted octanol–water partition coefficient (Wildman–Crippen LogP) is 2.71. The summed E-state index contributed by atoms with van der Waals surface area (Å²) in [7, 11) is -3.25. The van der Waals surface area contributed by atoms with E-state index in [1.165, 1.54) is 33.2 Å². The van der Waals surface area contributed by atoms with Crippen LogP contribution in [0.4, 0.5) is 10.2 Å². The highest BCUT2D eigenvalue weighted by atomic mass is 31.2. The maximum absolute atomic E-state index is 15.7. The average molecular weight is 565 g/mol. The lowest BCUT2D eigenvalue weighted by molar-refractivity contribution is -0.142. The predicted molar refractivity (Wildman–Crippen MR) is 140 cm³/mol. The summed E-state index contributed by atoms with van der Waals surface area (Å²) in [4.78, 5) is 28.0. The SMILES string of the molecule is COC(=O)C(C)NP(=O)(Oc1cccc2ccccc12)OC(C)[C@H]1O[C@@H](n2ccc(N)nc2=O)[C@](C)(F)[C@@H]1O. The van der Waals surface area contributed by atoms with Crippen molar-refractivity contribution in [1.82, 2.24) is 14.6 Å². The quantitative estimate of drug-likeness (QED) is 0.259. The van der Waals surface area contributed by atoms with E-state index in [4.69, 9.17) is 24.3 Å². The molecule has 3 aromatic rings. The number of nitrogens with two attached hydrogens (primary N) is 1. The molecule has 1 aliphatic rings. The summed E-state index contributed by atoms with van der Waals surface area (Å²) in [5.74, 6) is -0.619. The van der Waals surface area contributed by atoms with Crippen LogP contribution in [0.25, 0.3) is 10.8 Å². The van der Waals surface area contributed by atoms with Gasteiger partial charge in [0.15, 0.2) is 11.9 Å². The fourth-order valence-corrected chi connectivity index (χ4v) is 6.07. The molecule has 1 saturated heterocycles. The fourth-order valence-electron chi connectivity index (χ4n) is 4.36. The molecule has 0 spiro atoms. The number of methoxy groups -OCH3 is 1. The van der Waals surface area contributed by atoms with Gasteiger partial charge in [0.05, 0.1) is 13.2 Å². The van der Waals surface area contributed by atoms with Crippen molar-refractivity contribution in [3.05, 3.63) is 65.2 Å². The van der Waals surface area contributed by atoms with Crippen LogP contribution in [0.1, 0.15) is 27.0 Å². The van der Waals surface area contributed by atoms with Crippen LogP contribution in [0.15, 0.2) is 59.5 Å². The molecule has 1 fully saturated rings. The number of benzene rings is 2. The summed E-state index contributed by atoms with van der Waals surface area (Å²) in [5.41, 5.74) is 2.16. The van der Waals surface area contributed by atoms with Crippen molar-refractivity contribution in [2.75, 3.05) is 12.8 Å². The van der Waals surface area contributed by atoms with Gasteiger partial charge in [-0.15, -0.1) is 0 Å². The second-order valence-corrected chi connectivity index (χ2v) is 11.0. The van der Waals surface area contributed by atoms with Gasteiger partial charge in [-0.25, -0.2) is 13.8 Å². The molecule has 4 N–H and O–H groups in total. The van der Waals surface area contributed by atoms with Crippen LogP contribution in [-0.4, -0.2) is 57.8 Å². The van der Waals surface area contributed by atoms with Gasteiger partial charge in [0.1, 0.15) is 29.8 Å². The number of aliphatic hydroxyl groups is 1. The Balaban J connectivity index is 1.64. The molecule has 12 nitrogen and oxygen atoms in total. The second-order valence-electron chi connectivity index (χ2n) is 9.34. The molecule has 0 aliphatic carbocycles. The third-order valence-corrected chi connectivity index (χ3v) is 8.16. The van der Waals surface area contributed by atoms with E-state index >= 15 is 4.39 Å². The van der Waals surface area contributed by atoms with Crippen LogP contribution in [0.2, 0.25) is 0 Å². The number of rotatable bonds is 9. The molecule has 2 heterocycles. The van der Waals surface area contributed by atoms with E-state index in [1.807, 2.05) is 18.2 Å². The zero-order valence-electron chi connectivity index (χ0n) is 21.7. The first kappa shape index (κ1) is 28.7. The number of aliphatic hydroxyl groups excluding tert-OH is 1. The van der Waals surface area contributed by atoms with Crippen LogP contribution < -0.4 is 21.0 Å². The van der Waals surface area contributed by atoms with E-state index in [2.05, 4.69) is 10.1 Å². The number of esters is 1. The molecular formula is C25H30FN4O8P. The number of hydrogen-bond donors (Lipinski definition) is 3. The summed E-state index contributed by atoms with van der Waals surface area (Å²) < 4.78 is 52.7. The minimum absolute atomic E-state index is 0.0686. The number of aromatic nitrogens is 2. The minimum Gasteiger partial charge on any atom is -0.468 e. The highest BCUT2D eigenvalue weighted by molar-refractivity contribution is 7.52.